The third-order valence-corrected chi connectivity index (χ3v) is 4.91. The average Bonchev–Trinajstić information content (AvgIpc) is 2.94. The molecule has 7 heteroatoms. The molecule has 1 aromatic heterocycles. The molecule has 2 saturated heterocycles. The van der Waals surface area contributed by atoms with Gasteiger partial charge in [0.2, 0.25) is 11.8 Å². The zero-order valence-corrected chi connectivity index (χ0v) is 15.2. The second kappa shape index (κ2) is 7.17. The lowest BCUT2D eigenvalue weighted by atomic mass is 9.88. The highest BCUT2D eigenvalue weighted by atomic mass is 16.5. The van der Waals surface area contributed by atoms with Crippen molar-refractivity contribution in [1.29, 1.82) is 0 Å². The van der Waals surface area contributed by atoms with Crippen molar-refractivity contribution in [2.45, 2.75) is 32.9 Å². The van der Waals surface area contributed by atoms with Gasteiger partial charge in [-0.15, -0.1) is 0 Å². The van der Waals surface area contributed by atoms with Crippen molar-refractivity contribution in [2.24, 2.45) is 5.41 Å². The highest BCUT2D eigenvalue weighted by molar-refractivity contribution is 5.88. The highest BCUT2D eigenvalue weighted by Crippen LogP contribution is 2.27. The van der Waals surface area contributed by atoms with Crippen molar-refractivity contribution in [2.75, 3.05) is 39.9 Å². The second-order valence-electron chi connectivity index (χ2n) is 7.55. The quantitative estimate of drug-likeness (QED) is 0.821. The summed E-state index contributed by atoms with van der Waals surface area (Å²) < 4.78 is 10.9. The topological polar surface area (TPSA) is 75.0 Å². The van der Waals surface area contributed by atoms with Gasteiger partial charge >= 0.3 is 0 Å². The fraction of sp³-hybridized carbons (Fsp3) is 0.667. The van der Waals surface area contributed by atoms with Crippen LogP contribution >= 0.6 is 0 Å². The van der Waals surface area contributed by atoms with Gasteiger partial charge in [-0.3, -0.25) is 14.5 Å². The standard InChI is InChI=1S/C18H27N3O4/c1-13-4-5-14(25-13)9-21-7-6-19-17(23)15(21)8-16(22)20(3)10-18(2)11-24-12-18/h4-5,15H,6-12H2,1-3H3,(H,19,23)/t15-/m0/s1. The lowest BCUT2D eigenvalue weighted by Crippen LogP contribution is -2.56. The van der Waals surface area contributed by atoms with Crippen molar-refractivity contribution in [3.05, 3.63) is 23.7 Å². The SMILES string of the molecule is Cc1ccc(CN2CCNC(=O)[C@@H]2CC(=O)N(C)CC2(C)COC2)o1. The Morgan fingerprint density at radius 2 is 2.20 bits per heavy atom. The summed E-state index contributed by atoms with van der Waals surface area (Å²) in [6.45, 7) is 7.85. The number of piperazine rings is 1. The molecule has 3 rings (SSSR count). The first-order valence-electron chi connectivity index (χ1n) is 8.75. The molecule has 2 amide bonds. The Hall–Kier alpha value is -1.86. The molecule has 0 spiro atoms. The van der Waals surface area contributed by atoms with Crippen molar-refractivity contribution in [3.8, 4) is 0 Å². The minimum absolute atomic E-state index is 0.0178. The molecule has 138 valence electrons. The van der Waals surface area contributed by atoms with E-state index in [4.69, 9.17) is 9.15 Å². The summed E-state index contributed by atoms with van der Waals surface area (Å²) in [7, 11) is 1.80. The molecule has 2 aliphatic heterocycles. The van der Waals surface area contributed by atoms with Gasteiger partial charge in [0, 0.05) is 32.1 Å². The number of nitrogens with zero attached hydrogens (tertiary/aromatic N) is 2. The summed E-state index contributed by atoms with van der Waals surface area (Å²) >= 11 is 0. The molecule has 0 unspecified atom stereocenters. The molecule has 1 N–H and O–H groups in total. The number of hydrogen-bond donors (Lipinski definition) is 1. The molecular weight excluding hydrogens is 322 g/mol. The van der Waals surface area contributed by atoms with Crippen LogP contribution in [0.3, 0.4) is 0 Å². The van der Waals surface area contributed by atoms with Gasteiger partial charge in [0.25, 0.3) is 0 Å². The van der Waals surface area contributed by atoms with E-state index in [-0.39, 0.29) is 23.7 Å². The van der Waals surface area contributed by atoms with E-state index >= 15 is 0 Å². The van der Waals surface area contributed by atoms with Gasteiger partial charge in [0.15, 0.2) is 0 Å². The zero-order chi connectivity index (χ0) is 18.0. The molecule has 0 aromatic carbocycles. The molecule has 0 saturated carbocycles. The second-order valence-corrected chi connectivity index (χ2v) is 7.55. The average molecular weight is 349 g/mol. The predicted octanol–water partition coefficient (Wildman–Crippen LogP) is 0.773. The summed E-state index contributed by atoms with van der Waals surface area (Å²) in [5, 5.41) is 2.87. The normalized spacial score (nSPS) is 23.0. The molecule has 0 radical (unpaired) electrons. The lowest BCUT2D eigenvalue weighted by Gasteiger charge is -2.41. The minimum Gasteiger partial charge on any atom is -0.465 e. The fourth-order valence-electron chi connectivity index (χ4n) is 3.47. The summed E-state index contributed by atoms with van der Waals surface area (Å²) in [4.78, 5) is 28.7. The lowest BCUT2D eigenvalue weighted by molar-refractivity contribution is -0.146. The number of hydrogen-bond acceptors (Lipinski definition) is 5. The molecule has 25 heavy (non-hydrogen) atoms. The first-order valence-corrected chi connectivity index (χ1v) is 8.75. The summed E-state index contributed by atoms with van der Waals surface area (Å²) in [5.41, 5.74) is 0.0324. The van der Waals surface area contributed by atoms with Gasteiger partial charge in [0.1, 0.15) is 11.5 Å². The van der Waals surface area contributed by atoms with E-state index in [2.05, 4.69) is 12.2 Å². The zero-order valence-electron chi connectivity index (χ0n) is 15.2. The van der Waals surface area contributed by atoms with Crippen molar-refractivity contribution < 1.29 is 18.7 Å². The van der Waals surface area contributed by atoms with Gasteiger partial charge in [-0.2, -0.15) is 0 Å². The van der Waals surface area contributed by atoms with Crippen LogP contribution in [0.5, 0.6) is 0 Å². The van der Waals surface area contributed by atoms with Crippen LogP contribution in [0.2, 0.25) is 0 Å². The van der Waals surface area contributed by atoms with Gasteiger partial charge in [0.05, 0.1) is 32.2 Å². The van der Waals surface area contributed by atoms with Gasteiger partial charge < -0.3 is 19.4 Å². The van der Waals surface area contributed by atoms with Crippen LogP contribution in [0.15, 0.2) is 16.5 Å². The Balaban J connectivity index is 1.62. The van der Waals surface area contributed by atoms with Crippen LogP contribution in [0, 0.1) is 12.3 Å². The molecule has 7 nitrogen and oxygen atoms in total. The van der Waals surface area contributed by atoms with Gasteiger partial charge in [-0.1, -0.05) is 6.92 Å². The van der Waals surface area contributed by atoms with E-state index in [1.807, 2.05) is 24.0 Å². The predicted molar refractivity (Wildman–Crippen MR) is 91.8 cm³/mol. The third kappa shape index (κ3) is 4.22. The molecular formula is C18H27N3O4. The monoisotopic (exact) mass is 349 g/mol. The number of ether oxygens (including phenoxy) is 1. The Morgan fingerprint density at radius 1 is 1.44 bits per heavy atom. The van der Waals surface area contributed by atoms with Crippen molar-refractivity contribution >= 4 is 11.8 Å². The number of carbonyl (C=O) groups is 2. The van der Waals surface area contributed by atoms with Crippen molar-refractivity contribution in [1.82, 2.24) is 15.1 Å². The van der Waals surface area contributed by atoms with E-state index in [1.54, 1.807) is 11.9 Å². The van der Waals surface area contributed by atoms with E-state index in [0.29, 0.717) is 39.4 Å². The summed E-state index contributed by atoms with van der Waals surface area (Å²) in [6, 6.07) is 3.37. The van der Waals surface area contributed by atoms with Crippen LogP contribution in [-0.4, -0.2) is 67.6 Å². The minimum atomic E-state index is -0.459. The number of amides is 2. The maximum atomic E-state index is 12.6. The maximum Gasteiger partial charge on any atom is 0.237 e. The number of rotatable bonds is 6. The Bertz CT molecular complexity index is 638. The summed E-state index contributed by atoms with van der Waals surface area (Å²) in [6.07, 6.45) is 0.180. The van der Waals surface area contributed by atoms with E-state index in [9.17, 15) is 9.59 Å². The fourth-order valence-corrected chi connectivity index (χ4v) is 3.47. The van der Waals surface area contributed by atoms with Crippen LogP contribution in [-0.2, 0) is 20.9 Å². The number of aryl methyl sites for hydroxylation is 1. The molecule has 1 atom stereocenters. The largest absolute Gasteiger partial charge is 0.465 e. The Morgan fingerprint density at radius 3 is 2.80 bits per heavy atom. The smallest absolute Gasteiger partial charge is 0.237 e. The highest BCUT2D eigenvalue weighted by Gasteiger charge is 2.37. The number of nitrogens with one attached hydrogen (secondary N) is 1. The Kier molecular flexibility index (Phi) is 5.15. The van der Waals surface area contributed by atoms with E-state index in [1.165, 1.54) is 0 Å². The first kappa shape index (κ1) is 17.9. The third-order valence-electron chi connectivity index (χ3n) is 4.91. The summed E-state index contributed by atoms with van der Waals surface area (Å²) in [5.74, 6) is 1.56. The van der Waals surface area contributed by atoms with Gasteiger partial charge in [-0.05, 0) is 19.1 Å². The van der Waals surface area contributed by atoms with E-state index < -0.39 is 6.04 Å². The molecule has 0 aliphatic carbocycles. The van der Waals surface area contributed by atoms with Crippen LogP contribution in [0.4, 0.5) is 0 Å². The maximum absolute atomic E-state index is 12.6. The number of furan rings is 1. The molecule has 2 aliphatic rings. The van der Waals surface area contributed by atoms with E-state index in [0.717, 1.165) is 11.5 Å². The number of carbonyl (C=O) groups excluding carboxylic acids is 2. The van der Waals surface area contributed by atoms with Crippen LogP contribution in [0.25, 0.3) is 0 Å². The van der Waals surface area contributed by atoms with Crippen LogP contribution < -0.4 is 5.32 Å². The van der Waals surface area contributed by atoms with Crippen LogP contribution in [0.1, 0.15) is 24.9 Å². The molecule has 2 fully saturated rings. The molecule has 3 heterocycles. The van der Waals surface area contributed by atoms with Gasteiger partial charge in [-0.25, -0.2) is 0 Å². The molecule has 1 aromatic rings. The Labute approximate surface area is 148 Å². The first-order chi connectivity index (χ1) is 11.9. The van der Waals surface area contributed by atoms with Crippen molar-refractivity contribution in [3.63, 3.8) is 0 Å². The molecule has 0 bridgehead atoms.